The molecule has 26 heavy (non-hydrogen) atoms. The minimum Gasteiger partial charge on any atom is -0.449 e. The molecule has 2 aromatic carbocycles. The lowest BCUT2D eigenvalue weighted by Crippen LogP contribution is -2.37. The van der Waals surface area contributed by atoms with Crippen LogP contribution in [-0.2, 0) is 9.53 Å². The number of carbonyl (C=O) groups excluding carboxylic acids is 2. The molecule has 0 saturated carbocycles. The number of ether oxygens (including phenoxy) is 1. The number of anilines is 1. The van der Waals surface area contributed by atoms with Crippen LogP contribution in [0.5, 0.6) is 0 Å². The van der Waals surface area contributed by atoms with Crippen LogP contribution in [0.4, 0.5) is 5.69 Å². The standard InChI is InChI=1S/C20H21NO3S2/c1-14(18(22)21(2)17-6-4-3-5-7-17)24-19(23)15-8-10-16(11-9-15)20-25-12-13-26-20/h3-11,14,20H,12-13H2,1-2H3/t14-/m1/s1. The van der Waals surface area contributed by atoms with Crippen molar-refractivity contribution in [3.63, 3.8) is 0 Å². The summed E-state index contributed by atoms with van der Waals surface area (Å²) in [6, 6.07) is 16.8. The summed E-state index contributed by atoms with van der Waals surface area (Å²) in [6.07, 6.45) is -0.853. The number of para-hydroxylation sites is 1. The highest BCUT2D eigenvalue weighted by Gasteiger charge is 2.23. The van der Waals surface area contributed by atoms with Gasteiger partial charge in [-0.1, -0.05) is 30.3 Å². The topological polar surface area (TPSA) is 46.6 Å². The van der Waals surface area contributed by atoms with Gasteiger partial charge in [0.05, 0.1) is 10.1 Å². The number of amides is 1. The van der Waals surface area contributed by atoms with Crippen molar-refractivity contribution >= 4 is 41.1 Å². The Hall–Kier alpha value is -1.92. The minimum absolute atomic E-state index is 0.264. The highest BCUT2D eigenvalue weighted by Crippen LogP contribution is 2.45. The molecule has 1 saturated heterocycles. The molecule has 0 aromatic heterocycles. The summed E-state index contributed by atoms with van der Waals surface area (Å²) in [5.41, 5.74) is 2.43. The fourth-order valence-corrected chi connectivity index (χ4v) is 5.52. The van der Waals surface area contributed by atoms with Gasteiger partial charge in [0.25, 0.3) is 5.91 Å². The Bertz CT molecular complexity index is 758. The maximum Gasteiger partial charge on any atom is 0.338 e. The second-order valence-corrected chi connectivity index (χ2v) is 8.70. The minimum atomic E-state index is -0.853. The van der Waals surface area contributed by atoms with Crippen LogP contribution in [0.25, 0.3) is 0 Å². The maximum absolute atomic E-state index is 12.5. The molecule has 3 rings (SSSR count). The van der Waals surface area contributed by atoms with Gasteiger partial charge in [-0.25, -0.2) is 4.79 Å². The zero-order chi connectivity index (χ0) is 18.5. The van der Waals surface area contributed by atoms with E-state index in [1.807, 2.05) is 66.0 Å². The molecule has 0 bridgehead atoms. The number of esters is 1. The highest BCUT2D eigenvalue weighted by atomic mass is 32.2. The van der Waals surface area contributed by atoms with Gasteiger partial charge < -0.3 is 9.64 Å². The van der Waals surface area contributed by atoms with Crippen LogP contribution >= 0.6 is 23.5 Å². The summed E-state index contributed by atoms with van der Waals surface area (Å²) in [4.78, 5) is 26.3. The molecule has 1 heterocycles. The van der Waals surface area contributed by atoms with Crippen molar-refractivity contribution in [2.24, 2.45) is 0 Å². The van der Waals surface area contributed by atoms with E-state index in [1.54, 1.807) is 26.1 Å². The molecule has 1 aliphatic rings. The fourth-order valence-electron chi connectivity index (χ4n) is 2.66. The predicted molar refractivity (Wildman–Crippen MR) is 109 cm³/mol. The lowest BCUT2D eigenvalue weighted by atomic mass is 10.1. The Balaban J connectivity index is 1.60. The highest BCUT2D eigenvalue weighted by molar-refractivity contribution is 8.19. The Morgan fingerprint density at radius 2 is 1.65 bits per heavy atom. The Morgan fingerprint density at radius 3 is 2.27 bits per heavy atom. The van der Waals surface area contributed by atoms with E-state index in [-0.39, 0.29) is 5.91 Å². The van der Waals surface area contributed by atoms with E-state index in [9.17, 15) is 9.59 Å². The number of thioether (sulfide) groups is 2. The number of likely N-dealkylation sites (N-methyl/N-ethyl adjacent to an activating group) is 1. The van der Waals surface area contributed by atoms with E-state index in [4.69, 9.17) is 4.74 Å². The van der Waals surface area contributed by atoms with Gasteiger partial charge in [-0.2, -0.15) is 0 Å². The van der Waals surface area contributed by atoms with Gasteiger partial charge in [0, 0.05) is 24.2 Å². The van der Waals surface area contributed by atoms with Crippen LogP contribution < -0.4 is 4.90 Å². The molecule has 6 heteroatoms. The molecule has 4 nitrogen and oxygen atoms in total. The van der Waals surface area contributed by atoms with Gasteiger partial charge in [-0.3, -0.25) is 4.79 Å². The van der Waals surface area contributed by atoms with Gasteiger partial charge in [0.15, 0.2) is 6.10 Å². The SMILES string of the molecule is C[C@@H](OC(=O)c1ccc(C2SCCS2)cc1)C(=O)N(C)c1ccccc1. The zero-order valence-electron chi connectivity index (χ0n) is 14.8. The van der Waals surface area contributed by atoms with Gasteiger partial charge >= 0.3 is 5.97 Å². The third kappa shape index (κ3) is 4.43. The van der Waals surface area contributed by atoms with E-state index in [1.165, 1.54) is 10.5 Å². The number of carbonyl (C=O) groups is 2. The second kappa shape index (κ2) is 8.64. The molecule has 1 atom stereocenters. The summed E-state index contributed by atoms with van der Waals surface area (Å²) in [5.74, 6) is 1.58. The van der Waals surface area contributed by atoms with Crippen molar-refractivity contribution in [2.45, 2.75) is 17.6 Å². The number of rotatable bonds is 5. The molecule has 1 amide bonds. The summed E-state index contributed by atoms with van der Waals surface area (Å²) < 4.78 is 5.81. The van der Waals surface area contributed by atoms with Crippen LogP contribution in [0.3, 0.4) is 0 Å². The van der Waals surface area contributed by atoms with Crippen LogP contribution in [0.2, 0.25) is 0 Å². The Morgan fingerprint density at radius 1 is 1.04 bits per heavy atom. The maximum atomic E-state index is 12.5. The number of nitrogens with zero attached hydrogens (tertiary/aromatic N) is 1. The summed E-state index contributed by atoms with van der Waals surface area (Å²) in [7, 11) is 1.67. The van der Waals surface area contributed by atoms with Crippen LogP contribution in [0.1, 0.15) is 27.4 Å². The zero-order valence-corrected chi connectivity index (χ0v) is 16.4. The largest absolute Gasteiger partial charge is 0.449 e. The molecular weight excluding hydrogens is 366 g/mol. The number of hydrogen-bond donors (Lipinski definition) is 0. The first-order valence-electron chi connectivity index (χ1n) is 8.43. The third-order valence-corrected chi connectivity index (χ3v) is 7.25. The Kier molecular flexibility index (Phi) is 6.27. The van der Waals surface area contributed by atoms with Crippen LogP contribution in [0, 0.1) is 0 Å². The first-order chi connectivity index (χ1) is 12.6. The van der Waals surface area contributed by atoms with E-state index in [2.05, 4.69) is 0 Å². The average Bonchev–Trinajstić information content (AvgIpc) is 3.22. The monoisotopic (exact) mass is 387 g/mol. The molecule has 2 aromatic rings. The summed E-state index contributed by atoms with van der Waals surface area (Å²) in [6.45, 7) is 1.60. The van der Waals surface area contributed by atoms with E-state index >= 15 is 0 Å². The normalized spacial score (nSPS) is 15.5. The van der Waals surface area contributed by atoms with Gasteiger partial charge in [0.1, 0.15) is 0 Å². The van der Waals surface area contributed by atoms with Gasteiger partial charge in [0.2, 0.25) is 0 Å². The van der Waals surface area contributed by atoms with Crippen molar-refractivity contribution in [3.05, 3.63) is 65.7 Å². The van der Waals surface area contributed by atoms with E-state index < -0.39 is 12.1 Å². The molecule has 1 aliphatic heterocycles. The summed E-state index contributed by atoms with van der Waals surface area (Å²) in [5, 5.41) is 0. The second-order valence-electron chi connectivity index (χ2n) is 5.98. The van der Waals surface area contributed by atoms with Crippen LogP contribution in [0.15, 0.2) is 54.6 Å². The number of hydrogen-bond acceptors (Lipinski definition) is 5. The lowest BCUT2D eigenvalue weighted by Gasteiger charge is -2.21. The lowest BCUT2D eigenvalue weighted by molar-refractivity contribution is -0.126. The van der Waals surface area contributed by atoms with Crippen molar-refractivity contribution in [2.75, 3.05) is 23.5 Å². The molecule has 0 radical (unpaired) electrons. The third-order valence-electron chi connectivity index (χ3n) is 4.15. The van der Waals surface area contributed by atoms with Crippen molar-refractivity contribution in [3.8, 4) is 0 Å². The first kappa shape index (κ1) is 18.9. The molecule has 136 valence electrons. The predicted octanol–water partition coefficient (Wildman–Crippen LogP) is 4.37. The molecule has 1 fully saturated rings. The molecule has 0 aliphatic carbocycles. The Labute approximate surface area is 162 Å². The molecular formula is C20H21NO3S2. The summed E-state index contributed by atoms with van der Waals surface area (Å²) >= 11 is 3.84. The first-order valence-corrected chi connectivity index (χ1v) is 10.5. The molecule has 0 spiro atoms. The smallest absolute Gasteiger partial charge is 0.338 e. The van der Waals surface area contributed by atoms with Gasteiger partial charge in [-0.05, 0) is 36.8 Å². The van der Waals surface area contributed by atoms with Crippen molar-refractivity contribution in [1.29, 1.82) is 0 Å². The molecule has 0 N–H and O–H groups in total. The number of benzene rings is 2. The van der Waals surface area contributed by atoms with E-state index in [0.29, 0.717) is 10.1 Å². The molecule has 0 unspecified atom stereocenters. The van der Waals surface area contributed by atoms with E-state index in [0.717, 1.165) is 17.2 Å². The van der Waals surface area contributed by atoms with Crippen LogP contribution in [-0.4, -0.2) is 36.5 Å². The fraction of sp³-hybridized carbons (Fsp3) is 0.300. The van der Waals surface area contributed by atoms with Crippen molar-refractivity contribution in [1.82, 2.24) is 0 Å². The average molecular weight is 388 g/mol. The van der Waals surface area contributed by atoms with Crippen molar-refractivity contribution < 1.29 is 14.3 Å². The van der Waals surface area contributed by atoms with Gasteiger partial charge in [-0.15, -0.1) is 23.5 Å². The quantitative estimate of drug-likeness (QED) is 0.713.